The third-order valence-corrected chi connectivity index (χ3v) is 3.11. The molecule has 1 aromatic rings. The van der Waals surface area contributed by atoms with Gasteiger partial charge in [-0.05, 0) is 54.7 Å². The van der Waals surface area contributed by atoms with Crippen molar-refractivity contribution in [2.75, 3.05) is 13.7 Å². The lowest BCUT2D eigenvalue weighted by atomic mass is 10.0. The Morgan fingerprint density at radius 1 is 1.29 bits per heavy atom. The summed E-state index contributed by atoms with van der Waals surface area (Å²) in [4.78, 5) is 4.28. The molecule has 0 fully saturated rings. The molecule has 1 rings (SSSR count). The van der Waals surface area contributed by atoms with Gasteiger partial charge in [-0.25, -0.2) is 0 Å². The maximum Gasteiger partial charge on any atom is 0.0713 e. The molecule has 1 aromatic carbocycles. The highest BCUT2D eigenvalue weighted by atomic mass is 16.5. The van der Waals surface area contributed by atoms with Gasteiger partial charge >= 0.3 is 0 Å². The van der Waals surface area contributed by atoms with Gasteiger partial charge in [0.1, 0.15) is 0 Å². The average Bonchev–Trinajstić information content (AvgIpc) is 2.47. The summed E-state index contributed by atoms with van der Waals surface area (Å²) in [7, 11) is 1.71. The summed E-state index contributed by atoms with van der Waals surface area (Å²) in [5.41, 5.74) is 5.67. The van der Waals surface area contributed by atoms with Gasteiger partial charge in [0.25, 0.3) is 0 Å². The van der Waals surface area contributed by atoms with Crippen LogP contribution in [0, 0.1) is 0 Å². The van der Waals surface area contributed by atoms with Crippen molar-refractivity contribution in [3.8, 4) is 0 Å². The average molecular weight is 283 g/mol. The number of methoxy groups -OCH3 is 1. The van der Waals surface area contributed by atoms with Gasteiger partial charge in [-0.3, -0.25) is 4.99 Å². The van der Waals surface area contributed by atoms with Crippen LogP contribution in [0.1, 0.15) is 31.9 Å². The third kappa shape index (κ3) is 5.92. The van der Waals surface area contributed by atoms with Gasteiger partial charge in [0, 0.05) is 19.9 Å². The van der Waals surface area contributed by atoms with Crippen LogP contribution in [0.3, 0.4) is 0 Å². The fourth-order valence-electron chi connectivity index (χ4n) is 1.87. The van der Waals surface area contributed by atoms with Gasteiger partial charge in [-0.15, -0.1) is 0 Å². The van der Waals surface area contributed by atoms with Crippen molar-refractivity contribution >= 4 is 11.8 Å². The van der Waals surface area contributed by atoms with Crippen molar-refractivity contribution in [3.05, 3.63) is 65.3 Å². The van der Waals surface area contributed by atoms with Crippen LogP contribution in [0.2, 0.25) is 0 Å². The van der Waals surface area contributed by atoms with Gasteiger partial charge in [-0.2, -0.15) is 0 Å². The molecule has 0 aromatic heterocycles. The van der Waals surface area contributed by atoms with Crippen LogP contribution in [0.15, 0.2) is 59.1 Å². The van der Waals surface area contributed by atoms with Crippen molar-refractivity contribution in [3.63, 3.8) is 0 Å². The standard InChI is InChI=1S/C19H25NO/c1-6-20-13-19(15(2)3)11-10-16(4)18-9-7-8-17(12-18)14-21-5/h7-13H,2,6,14H2,1,3-5H3/b16-10+,19-11-,20-13?. The van der Waals surface area contributed by atoms with Crippen LogP contribution in [0.25, 0.3) is 5.57 Å². The first-order chi connectivity index (χ1) is 10.1. The molecule has 0 aliphatic rings. The van der Waals surface area contributed by atoms with Gasteiger partial charge < -0.3 is 4.74 Å². The lowest BCUT2D eigenvalue weighted by Gasteiger charge is -2.05. The SMILES string of the molecule is C=C(C)/C(C=NCC)=C\C=C(/C)c1cccc(COC)c1. The molecule has 0 heterocycles. The molecule has 21 heavy (non-hydrogen) atoms. The Bertz CT molecular complexity index is 565. The minimum absolute atomic E-state index is 0.636. The van der Waals surface area contributed by atoms with Crippen LogP contribution in [0.5, 0.6) is 0 Å². The summed E-state index contributed by atoms with van der Waals surface area (Å²) in [6.07, 6.45) is 6.06. The molecule has 0 unspecified atom stereocenters. The summed E-state index contributed by atoms with van der Waals surface area (Å²) in [5, 5.41) is 0. The topological polar surface area (TPSA) is 21.6 Å². The first-order valence-corrected chi connectivity index (χ1v) is 7.21. The Morgan fingerprint density at radius 2 is 2.05 bits per heavy atom. The number of aliphatic imine (C=N–C) groups is 1. The van der Waals surface area contributed by atoms with Crippen LogP contribution in [0.4, 0.5) is 0 Å². The van der Waals surface area contributed by atoms with E-state index in [2.05, 4.69) is 54.9 Å². The van der Waals surface area contributed by atoms with Crippen LogP contribution in [-0.4, -0.2) is 19.9 Å². The van der Waals surface area contributed by atoms with Crippen molar-refractivity contribution in [2.24, 2.45) is 4.99 Å². The van der Waals surface area contributed by atoms with E-state index in [-0.39, 0.29) is 0 Å². The van der Waals surface area contributed by atoms with E-state index in [1.165, 1.54) is 16.7 Å². The molecule has 0 spiro atoms. The number of ether oxygens (including phenoxy) is 1. The van der Waals surface area contributed by atoms with Gasteiger partial charge in [-0.1, -0.05) is 36.9 Å². The van der Waals surface area contributed by atoms with Gasteiger partial charge in [0.2, 0.25) is 0 Å². The second-order valence-corrected chi connectivity index (χ2v) is 5.01. The van der Waals surface area contributed by atoms with E-state index in [1.54, 1.807) is 7.11 Å². The van der Waals surface area contributed by atoms with E-state index in [0.29, 0.717) is 6.61 Å². The van der Waals surface area contributed by atoms with Gasteiger partial charge in [0.05, 0.1) is 6.61 Å². The number of hydrogen-bond acceptors (Lipinski definition) is 2. The first-order valence-electron chi connectivity index (χ1n) is 7.21. The zero-order valence-corrected chi connectivity index (χ0v) is 13.5. The van der Waals surface area contributed by atoms with E-state index in [1.807, 2.05) is 20.1 Å². The molecular formula is C19H25NO. The molecule has 2 heteroatoms. The van der Waals surface area contributed by atoms with Crippen LogP contribution in [-0.2, 0) is 11.3 Å². The van der Waals surface area contributed by atoms with Crippen molar-refractivity contribution in [1.82, 2.24) is 0 Å². The molecule has 0 atom stereocenters. The Morgan fingerprint density at radius 3 is 2.67 bits per heavy atom. The second kappa shape index (κ2) is 9.09. The lowest BCUT2D eigenvalue weighted by Crippen LogP contribution is -1.89. The fraction of sp³-hybridized carbons (Fsp3) is 0.316. The quantitative estimate of drug-likeness (QED) is 0.519. The number of benzene rings is 1. The summed E-state index contributed by atoms with van der Waals surface area (Å²) in [5.74, 6) is 0. The summed E-state index contributed by atoms with van der Waals surface area (Å²) >= 11 is 0. The molecule has 0 bridgehead atoms. The minimum Gasteiger partial charge on any atom is -0.380 e. The fourth-order valence-corrected chi connectivity index (χ4v) is 1.87. The number of hydrogen-bond donors (Lipinski definition) is 0. The molecule has 0 saturated carbocycles. The number of rotatable bonds is 7. The molecule has 0 N–H and O–H groups in total. The molecule has 112 valence electrons. The lowest BCUT2D eigenvalue weighted by molar-refractivity contribution is 0.185. The predicted octanol–water partition coefficient (Wildman–Crippen LogP) is 4.83. The Labute approximate surface area is 128 Å². The van der Waals surface area contributed by atoms with Crippen LogP contribution >= 0.6 is 0 Å². The zero-order chi connectivity index (χ0) is 15.7. The highest BCUT2D eigenvalue weighted by molar-refractivity contribution is 5.85. The van der Waals surface area contributed by atoms with E-state index >= 15 is 0 Å². The largest absolute Gasteiger partial charge is 0.380 e. The highest BCUT2D eigenvalue weighted by Gasteiger charge is 1.98. The molecule has 0 aliphatic carbocycles. The number of nitrogens with zero attached hydrogens (tertiary/aromatic N) is 1. The van der Waals surface area contributed by atoms with Crippen molar-refractivity contribution in [1.29, 1.82) is 0 Å². The molecule has 0 aliphatic heterocycles. The molecule has 2 nitrogen and oxygen atoms in total. The van der Waals surface area contributed by atoms with E-state index < -0.39 is 0 Å². The van der Waals surface area contributed by atoms with Crippen molar-refractivity contribution < 1.29 is 4.74 Å². The summed E-state index contributed by atoms with van der Waals surface area (Å²) < 4.78 is 5.18. The Hall–Kier alpha value is -1.93. The first kappa shape index (κ1) is 17.1. The molecule has 0 radical (unpaired) electrons. The van der Waals surface area contributed by atoms with Crippen molar-refractivity contribution in [2.45, 2.75) is 27.4 Å². The van der Waals surface area contributed by atoms with Crippen LogP contribution < -0.4 is 0 Å². The monoisotopic (exact) mass is 283 g/mol. The van der Waals surface area contributed by atoms with Gasteiger partial charge in [0.15, 0.2) is 0 Å². The Kier molecular flexibility index (Phi) is 7.41. The summed E-state index contributed by atoms with van der Waals surface area (Å²) in [6, 6.07) is 8.40. The Balaban J connectivity index is 2.99. The number of allylic oxidation sites excluding steroid dienone is 5. The van der Waals surface area contributed by atoms with E-state index in [0.717, 1.165) is 17.7 Å². The normalized spacial score (nSPS) is 13.0. The predicted molar refractivity (Wildman–Crippen MR) is 92.7 cm³/mol. The highest BCUT2D eigenvalue weighted by Crippen LogP contribution is 2.17. The maximum absolute atomic E-state index is 5.18. The minimum atomic E-state index is 0.636. The van der Waals surface area contributed by atoms with E-state index in [9.17, 15) is 0 Å². The molecule has 0 saturated heterocycles. The summed E-state index contributed by atoms with van der Waals surface area (Å²) in [6.45, 7) is 11.5. The third-order valence-electron chi connectivity index (χ3n) is 3.11. The molecular weight excluding hydrogens is 258 g/mol. The molecule has 0 amide bonds. The van der Waals surface area contributed by atoms with E-state index in [4.69, 9.17) is 4.74 Å². The zero-order valence-electron chi connectivity index (χ0n) is 13.5. The second-order valence-electron chi connectivity index (χ2n) is 5.01. The maximum atomic E-state index is 5.18. The smallest absolute Gasteiger partial charge is 0.0713 e.